The number of rotatable bonds is 1. The fourth-order valence-electron chi connectivity index (χ4n) is 2.63. The summed E-state index contributed by atoms with van der Waals surface area (Å²) < 4.78 is 0. The number of nitrogens with zero attached hydrogens (tertiary/aromatic N) is 1. The highest BCUT2D eigenvalue weighted by atomic mass is 32.2. The van der Waals surface area contributed by atoms with Crippen molar-refractivity contribution >= 4 is 22.8 Å². The van der Waals surface area contributed by atoms with Gasteiger partial charge in [-0.05, 0) is 30.4 Å². The second-order valence-electron chi connectivity index (χ2n) is 4.67. The summed E-state index contributed by atoms with van der Waals surface area (Å²) in [4.78, 5) is 16.6. The average molecular weight is 260 g/mol. The Bertz CT molecular complexity index is 498. The Morgan fingerprint density at radius 2 is 2.28 bits per heavy atom. The maximum absolute atomic E-state index is 12.3. The molecule has 18 heavy (non-hydrogen) atoms. The zero-order valence-electron chi connectivity index (χ0n) is 10.2. The highest BCUT2D eigenvalue weighted by molar-refractivity contribution is 8.14. The third kappa shape index (κ3) is 2.29. The molecule has 0 radical (unpaired) electrons. The molecule has 1 aromatic carbocycles. The number of carbonyl (C=O) groups is 1. The van der Waals surface area contributed by atoms with Crippen molar-refractivity contribution in [2.75, 3.05) is 12.3 Å². The minimum absolute atomic E-state index is 0.00106. The summed E-state index contributed by atoms with van der Waals surface area (Å²) in [6, 6.07) is 8.29. The maximum atomic E-state index is 12.3. The summed E-state index contributed by atoms with van der Waals surface area (Å²) in [5, 5.41) is 3.76. The number of aryl methyl sites for hydroxylation is 1. The highest BCUT2D eigenvalue weighted by Gasteiger charge is 2.27. The third-order valence-corrected chi connectivity index (χ3v) is 4.39. The van der Waals surface area contributed by atoms with Gasteiger partial charge in [0.1, 0.15) is 0 Å². The molecule has 1 aliphatic heterocycles. The van der Waals surface area contributed by atoms with Gasteiger partial charge in [-0.1, -0.05) is 36.0 Å². The molecule has 1 unspecified atom stereocenters. The molecule has 1 amide bonds. The van der Waals surface area contributed by atoms with E-state index >= 15 is 0 Å². The summed E-state index contributed by atoms with van der Waals surface area (Å²) >= 11 is 1.63. The molecule has 2 aliphatic rings. The Labute approximate surface area is 111 Å². The van der Waals surface area contributed by atoms with Crippen LogP contribution >= 0.6 is 11.8 Å². The zero-order chi connectivity index (χ0) is 12.4. The van der Waals surface area contributed by atoms with E-state index < -0.39 is 0 Å². The van der Waals surface area contributed by atoms with Crippen LogP contribution in [0.15, 0.2) is 29.3 Å². The maximum Gasteiger partial charge on any atom is 0.233 e. The van der Waals surface area contributed by atoms with E-state index in [4.69, 9.17) is 0 Å². The average Bonchev–Trinajstić information content (AvgIpc) is 2.91. The van der Waals surface area contributed by atoms with Crippen molar-refractivity contribution in [2.45, 2.75) is 25.2 Å². The molecule has 0 fully saturated rings. The van der Waals surface area contributed by atoms with Gasteiger partial charge in [0.15, 0.2) is 5.17 Å². The molecule has 1 atom stereocenters. The van der Waals surface area contributed by atoms with Crippen LogP contribution in [0.1, 0.15) is 29.9 Å². The Hall–Kier alpha value is -1.29. The lowest BCUT2D eigenvalue weighted by Gasteiger charge is -2.24. The molecular weight excluding hydrogens is 244 g/mol. The second kappa shape index (κ2) is 5.14. The van der Waals surface area contributed by atoms with Crippen LogP contribution in [0.5, 0.6) is 0 Å². The number of nitrogens with one attached hydrogen (secondary N) is 1. The van der Waals surface area contributed by atoms with Gasteiger partial charge in [-0.3, -0.25) is 9.79 Å². The molecule has 1 aromatic rings. The van der Waals surface area contributed by atoms with Gasteiger partial charge in [0.2, 0.25) is 5.91 Å². The number of hydrogen-bond donors (Lipinski definition) is 1. The number of fused-ring (bicyclic) bond motifs is 1. The van der Waals surface area contributed by atoms with Crippen LogP contribution in [0.3, 0.4) is 0 Å². The summed E-state index contributed by atoms with van der Waals surface area (Å²) in [6.07, 6.45) is 3.13. The van der Waals surface area contributed by atoms with Crippen LogP contribution < -0.4 is 5.32 Å². The molecule has 3 nitrogen and oxygen atoms in total. The van der Waals surface area contributed by atoms with Crippen LogP contribution in [-0.2, 0) is 11.2 Å². The second-order valence-corrected chi connectivity index (χ2v) is 5.75. The van der Waals surface area contributed by atoms with Crippen molar-refractivity contribution in [3.8, 4) is 0 Å². The quantitative estimate of drug-likeness (QED) is 0.842. The van der Waals surface area contributed by atoms with Crippen LogP contribution in [0.25, 0.3) is 0 Å². The molecule has 0 bridgehead atoms. The first kappa shape index (κ1) is 11.8. The van der Waals surface area contributed by atoms with Crippen LogP contribution in [0.2, 0.25) is 0 Å². The molecule has 94 valence electrons. The third-order valence-electron chi connectivity index (χ3n) is 3.50. The number of aliphatic imine (C=N–C) groups is 1. The number of thioether (sulfide) groups is 1. The van der Waals surface area contributed by atoms with Crippen molar-refractivity contribution in [3.05, 3.63) is 35.4 Å². The fraction of sp³-hybridized carbons (Fsp3) is 0.429. The standard InChI is InChI=1S/C14H16N2OS/c17-13(16-14-15-8-9-18-14)12-7-3-5-10-4-1-2-6-11(10)12/h1-2,4,6,12H,3,5,7-9H2,(H,15,16,17). The van der Waals surface area contributed by atoms with Crippen molar-refractivity contribution in [2.24, 2.45) is 4.99 Å². The molecule has 0 saturated heterocycles. The first-order chi connectivity index (χ1) is 8.84. The van der Waals surface area contributed by atoms with E-state index in [0.29, 0.717) is 0 Å². The normalized spacial score (nSPS) is 22.2. The highest BCUT2D eigenvalue weighted by Crippen LogP contribution is 2.31. The molecule has 0 saturated carbocycles. The molecule has 1 aliphatic carbocycles. The number of benzene rings is 1. The van der Waals surface area contributed by atoms with Crippen molar-refractivity contribution in [1.29, 1.82) is 0 Å². The monoisotopic (exact) mass is 260 g/mol. The largest absolute Gasteiger partial charge is 0.305 e. The fourth-order valence-corrected chi connectivity index (χ4v) is 3.36. The Morgan fingerprint density at radius 3 is 3.11 bits per heavy atom. The van der Waals surface area contributed by atoms with E-state index in [1.807, 2.05) is 6.07 Å². The number of carbonyl (C=O) groups excluding carboxylic acids is 1. The van der Waals surface area contributed by atoms with Crippen molar-refractivity contribution in [3.63, 3.8) is 0 Å². The lowest BCUT2D eigenvalue weighted by atomic mass is 9.82. The molecule has 1 heterocycles. The summed E-state index contributed by atoms with van der Waals surface area (Å²) in [6.45, 7) is 0.821. The Morgan fingerprint density at radius 1 is 1.39 bits per heavy atom. The van der Waals surface area contributed by atoms with Crippen molar-refractivity contribution < 1.29 is 4.79 Å². The van der Waals surface area contributed by atoms with E-state index in [1.165, 1.54) is 11.1 Å². The SMILES string of the molecule is O=C(NC1=NCCS1)C1CCCc2ccccc21. The van der Waals surface area contributed by atoms with Crippen LogP contribution in [0, 0.1) is 0 Å². The van der Waals surface area contributed by atoms with E-state index in [2.05, 4.69) is 28.5 Å². The van der Waals surface area contributed by atoms with Gasteiger partial charge in [-0.25, -0.2) is 0 Å². The van der Waals surface area contributed by atoms with E-state index in [0.717, 1.165) is 36.7 Å². The molecular formula is C14H16N2OS. The Balaban J connectivity index is 1.78. The summed E-state index contributed by atoms with van der Waals surface area (Å²) in [5.74, 6) is 1.09. The van der Waals surface area contributed by atoms with Crippen LogP contribution in [0.4, 0.5) is 0 Å². The zero-order valence-corrected chi connectivity index (χ0v) is 11.0. The first-order valence-electron chi connectivity index (χ1n) is 6.40. The molecule has 3 rings (SSSR count). The topological polar surface area (TPSA) is 41.5 Å². The van der Waals surface area contributed by atoms with Gasteiger partial charge < -0.3 is 5.32 Å². The predicted octanol–water partition coefficient (Wildman–Crippen LogP) is 2.33. The first-order valence-corrected chi connectivity index (χ1v) is 7.39. The number of amides is 1. The van der Waals surface area contributed by atoms with E-state index in [1.54, 1.807) is 11.8 Å². The van der Waals surface area contributed by atoms with Gasteiger partial charge in [-0.2, -0.15) is 0 Å². The summed E-state index contributed by atoms with van der Waals surface area (Å²) in [7, 11) is 0. The lowest BCUT2D eigenvalue weighted by Crippen LogP contribution is -2.34. The van der Waals surface area contributed by atoms with Crippen molar-refractivity contribution in [1.82, 2.24) is 5.32 Å². The smallest absolute Gasteiger partial charge is 0.233 e. The molecule has 4 heteroatoms. The van der Waals surface area contributed by atoms with E-state index in [9.17, 15) is 4.79 Å². The minimum Gasteiger partial charge on any atom is -0.305 e. The summed E-state index contributed by atoms with van der Waals surface area (Å²) in [5.41, 5.74) is 2.52. The lowest BCUT2D eigenvalue weighted by molar-refractivity contribution is -0.121. The van der Waals surface area contributed by atoms with Gasteiger partial charge in [0, 0.05) is 5.75 Å². The Kier molecular flexibility index (Phi) is 3.37. The number of amidine groups is 1. The molecule has 0 aromatic heterocycles. The van der Waals surface area contributed by atoms with Crippen LogP contribution in [-0.4, -0.2) is 23.4 Å². The minimum atomic E-state index is -0.00106. The van der Waals surface area contributed by atoms with Gasteiger partial charge >= 0.3 is 0 Å². The molecule has 0 spiro atoms. The van der Waals surface area contributed by atoms with Gasteiger partial charge in [0.25, 0.3) is 0 Å². The van der Waals surface area contributed by atoms with Gasteiger partial charge in [0.05, 0.1) is 12.5 Å². The molecule has 1 N–H and O–H groups in total. The van der Waals surface area contributed by atoms with Gasteiger partial charge in [-0.15, -0.1) is 0 Å². The number of hydrogen-bond acceptors (Lipinski definition) is 3. The predicted molar refractivity (Wildman–Crippen MR) is 75.0 cm³/mol. The van der Waals surface area contributed by atoms with E-state index in [-0.39, 0.29) is 11.8 Å².